The fourth-order valence-electron chi connectivity index (χ4n) is 5.73. The summed E-state index contributed by atoms with van der Waals surface area (Å²) in [5, 5.41) is 22.4. The molecule has 1 aliphatic heterocycles. The Morgan fingerprint density at radius 1 is 0.812 bits per heavy atom. The third-order valence-corrected chi connectivity index (χ3v) is 8.99. The lowest BCUT2D eigenvalue weighted by Crippen LogP contribution is -2.63. The number of aliphatic hydroxyl groups excluding tert-OH is 1. The van der Waals surface area contributed by atoms with Gasteiger partial charge >= 0.3 is 0 Å². The van der Waals surface area contributed by atoms with Crippen LogP contribution in [-0.4, -0.2) is 93.9 Å². The molecule has 13 heteroatoms. The number of unbranched alkanes of at least 4 members (excludes halogenated alkanes) is 1. The largest absolute Gasteiger partial charge is 0.391 e. The van der Waals surface area contributed by atoms with Crippen LogP contribution in [0.15, 0.2) is 60.8 Å². The molecule has 8 N–H and O–H groups in total. The first-order valence-electron chi connectivity index (χ1n) is 16.3. The van der Waals surface area contributed by atoms with Gasteiger partial charge in [0.15, 0.2) is 0 Å². The number of H-pyrrole nitrogens is 1. The minimum absolute atomic E-state index is 0.0822. The third kappa shape index (κ3) is 8.58. The molecule has 1 aromatic heterocycles. The number of nitrogens with zero attached hydrogens (tertiary/aromatic N) is 1. The maximum atomic E-state index is 14.1. The smallest absolute Gasteiger partial charge is 0.246 e. The Morgan fingerprint density at radius 3 is 2.15 bits per heavy atom. The van der Waals surface area contributed by atoms with Crippen LogP contribution in [0.4, 0.5) is 0 Å². The van der Waals surface area contributed by atoms with Crippen molar-refractivity contribution < 1.29 is 29.1 Å². The van der Waals surface area contributed by atoms with E-state index in [1.165, 1.54) is 18.9 Å². The first-order chi connectivity index (χ1) is 22.8. The van der Waals surface area contributed by atoms with E-state index < -0.39 is 65.3 Å². The van der Waals surface area contributed by atoms with Crippen LogP contribution in [0.25, 0.3) is 10.9 Å². The maximum Gasteiger partial charge on any atom is 0.246 e. The molecule has 1 saturated heterocycles. The normalized spacial score (nSPS) is 23.4. The fraction of sp³-hybridized carbons (Fsp3) is 0.457. The molecule has 4 rings (SSSR count). The number of para-hydroxylation sites is 1. The second-order valence-electron chi connectivity index (χ2n) is 12.9. The number of amides is 5. The van der Waals surface area contributed by atoms with Gasteiger partial charge in [-0.05, 0) is 63.8 Å². The lowest BCUT2D eigenvalue weighted by molar-refractivity contribution is -0.147. The summed E-state index contributed by atoms with van der Waals surface area (Å²) in [5.41, 5.74) is 6.58. The summed E-state index contributed by atoms with van der Waals surface area (Å²) in [5.74, 6) is -3.29. The zero-order valence-electron chi connectivity index (χ0n) is 27.9. The molecule has 2 aromatic carbocycles. The van der Waals surface area contributed by atoms with Gasteiger partial charge in [-0.1, -0.05) is 48.5 Å². The summed E-state index contributed by atoms with van der Waals surface area (Å²) in [6.07, 6.45) is 1.86. The number of aromatic amines is 1. The topological polar surface area (TPSA) is 199 Å². The highest BCUT2D eigenvalue weighted by atomic mass is 16.3. The quantitative estimate of drug-likeness (QED) is 0.163. The summed E-state index contributed by atoms with van der Waals surface area (Å²) in [7, 11) is 1.46. The third-order valence-electron chi connectivity index (χ3n) is 8.99. The van der Waals surface area contributed by atoms with Crippen molar-refractivity contribution in [2.45, 2.75) is 88.7 Å². The summed E-state index contributed by atoms with van der Waals surface area (Å²) in [4.78, 5) is 73.8. The Bertz CT molecular complexity index is 1600. The number of hydrogen-bond donors (Lipinski definition) is 7. The second-order valence-corrected chi connectivity index (χ2v) is 12.9. The van der Waals surface area contributed by atoms with E-state index in [9.17, 15) is 29.1 Å². The van der Waals surface area contributed by atoms with Crippen LogP contribution in [0.1, 0.15) is 51.2 Å². The number of nitrogens with one attached hydrogen (secondary N) is 5. The van der Waals surface area contributed by atoms with Crippen molar-refractivity contribution >= 4 is 40.4 Å². The van der Waals surface area contributed by atoms with E-state index in [1.54, 1.807) is 44.3 Å². The van der Waals surface area contributed by atoms with Gasteiger partial charge in [-0.15, -0.1) is 0 Å². The summed E-state index contributed by atoms with van der Waals surface area (Å²) >= 11 is 0. The van der Waals surface area contributed by atoms with Crippen LogP contribution in [0.3, 0.4) is 0 Å². The van der Waals surface area contributed by atoms with Gasteiger partial charge in [-0.25, -0.2) is 0 Å². The molecule has 0 aliphatic carbocycles. The number of aromatic nitrogens is 1. The van der Waals surface area contributed by atoms with Crippen LogP contribution in [0, 0.1) is 0 Å². The molecule has 0 unspecified atom stereocenters. The van der Waals surface area contributed by atoms with Gasteiger partial charge in [0.2, 0.25) is 29.5 Å². The van der Waals surface area contributed by atoms with E-state index in [0.29, 0.717) is 19.4 Å². The molecule has 48 heavy (non-hydrogen) atoms. The van der Waals surface area contributed by atoms with Crippen molar-refractivity contribution in [2.75, 3.05) is 13.6 Å². The van der Waals surface area contributed by atoms with Crippen LogP contribution >= 0.6 is 0 Å². The molecule has 13 nitrogen and oxygen atoms in total. The summed E-state index contributed by atoms with van der Waals surface area (Å²) in [6.45, 7) is 4.84. The van der Waals surface area contributed by atoms with Gasteiger partial charge in [-0.3, -0.25) is 24.0 Å². The van der Waals surface area contributed by atoms with Gasteiger partial charge < -0.3 is 42.0 Å². The number of carbonyl (C=O) groups excluding carboxylic acids is 5. The van der Waals surface area contributed by atoms with Gasteiger partial charge in [0.1, 0.15) is 29.7 Å². The molecule has 0 radical (unpaired) electrons. The van der Waals surface area contributed by atoms with Gasteiger partial charge in [0.25, 0.3) is 0 Å². The zero-order chi connectivity index (χ0) is 35.0. The number of aliphatic hydroxyl groups is 1. The molecule has 258 valence electrons. The van der Waals surface area contributed by atoms with Crippen molar-refractivity contribution in [1.82, 2.24) is 31.2 Å². The van der Waals surface area contributed by atoms with E-state index in [1.807, 2.05) is 30.3 Å². The van der Waals surface area contributed by atoms with Gasteiger partial charge in [0.05, 0.1) is 6.10 Å². The monoisotopic (exact) mass is 661 g/mol. The summed E-state index contributed by atoms with van der Waals surface area (Å²) < 4.78 is 0. The predicted octanol–water partition coefficient (Wildman–Crippen LogP) is 0.653. The Balaban J connectivity index is 1.76. The highest BCUT2D eigenvalue weighted by Crippen LogP contribution is 2.21. The summed E-state index contributed by atoms with van der Waals surface area (Å²) in [6, 6.07) is 11.8. The molecule has 2 heterocycles. The first-order valence-corrected chi connectivity index (χ1v) is 16.3. The van der Waals surface area contributed by atoms with Crippen molar-refractivity contribution in [3.8, 4) is 0 Å². The molecule has 5 atom stereocenters. The lowest BCUT2D eigenvalue weighted by atomic mass is 9.97. The molecular formula is C35H47N7O6. The average molecular weight is 662 g/mol. The molecule has 0 spiro atoms. The van der Waals surface area contributed by atoms with Crippen molar-refractivity contribution in [3.05, 3.63) is 71.9 Å². The number of benzene rings is 2. The molecule has 5 amide bonds. The number of likely N-dealkylation sites (N-methyl/N-ethyl adjacent to an activating group) is 1. The SMILES string of the molecule is C[C@@H](O)[C@@H]1NC(=O)[C@H](CCCCN)NC(=O)[C@@H](Cc2c[nH]c3ccccc23)NC(=O)C(C)(C)N(C)C(=O)[C@H](Cc2ccccc2)NC1=O. The van der Waals surface area contributed by atoms with Crippen LogP contribution in [0.5, 0.6) is 0 Å². The number of carbonyl (C=O) groups is 5. The van der Waals surface area contributed by atoms with E-state index in [4.69, 9.17) is 5.73 Å². The van der Waals surface area contributed by atoms with Crippen LogP contribution < -0.4 is 27.0 Å². The van der Waals surface area contributed by atoms with Crippen LogP contribution in [0.2, 0.25) is 0 Å². The average Bonchev–Trinajstić information content (AvgIpc) is 3.47. The van der Waals surface area contributed by atoms with Crippen LogP contribution in [-0.2, 0) is 36.8 Å². The fourth-order valence-corrected chi connectivity index (χ4v) is 5.73. The molecule has 1 aliphatic rings. The molecule has 3 aromatic rings. The predicted molar refractivity (Wildman–Crippen MR) is 181 cm³/mol. The second kappa shape index (κ2) is 15.9. The molecule has 1 fully saturated rings. The zero-order valence-corrected chi connectivity index (χ0v) is 27.9. The van der Waals surface area contributed by atoms with E-state index >= 15 is 0 Å². The van der Waals surface area contributed by atoms with Gasteiger partial charge in [0, 0.05) is 37.0 Å². The van der Waals surface area contributed by atoms with Gasteiger partial charge in [-0.2, -0.15) is 0 Å². The Hall–Kier alpha value is -4.75. The van der Waals surface area contributed by atoms with Crippen molar-refractivity contribution in [3.63, 3.8) is 0 Å². The van der Waals surface area contributed by atoms with E-state index in [2.05, 4.69) is 26.3 Å². The standard InChI is InChI=1S/C35H47N7O6/c1-21(43)29-32(46)39-28(18-22-12-6-5-7-13-22)33(47)42(4)35(2,3)34(48)40-27(19-23-20-37-25-15-9-8-14-24(23)25)31(45)38-26(30(44)41-29)16-10-11-17-36/h5-9,12-15,20-21,26-29,37,43H,10-11,16-19,36H2,1-4H3,(H,38,45)(H,39,46)(H,40,48)(H,41,44)/t21-,26+,27-,28+,29+/m1/s1. The number of hydrogen-bond acceptors (Lipinski definition) is 7. The number of fused-ring (bicyclic) bond motifs is 1. The Labute approximate surface area is 280 Å². The number of nitrogens with two attached hydrogens (primary N) is 1. The Morgan fingerprint density at radius 2 is 1.46 bits per heavy atom. The number of rotatable bonds is 9. The lowest BCUT2D eigenvalue weighted by Gasteiger charge is -2.37. The first kappa shape index (κ1) is 36.1. The molecular weight excluding hydrogens is 614 g/mol. The Kier molecular flexibility index (Phi) is 12.0. The van der Waals surface area contributed by atoms with E-state index in [0.717, 1.165) is 22.0 Å². The van der Waals surface area contributed by atoms with Crippen molar-refractivity contribution in [1.29, 1.82) is 0 Å². The molecule has 0 saturated carbocycles. The molecule has 0 bridgehead atoms. The minimum Gasteiger partial charge on any atom is -0.391 e. The maximum absolute atomic E-state index is 14.1. The minimum atomic E-state index is -1.48. The highest BCUT2D eigenvalue weighted by Gasteiger charge is 2.42. The van der Waals surface area contributed by atoms with Crippen molar-refractivity contribution in [2.24, 2.45) is 5.73 Å². The highest BCUT2D eigenvalue weighted by molar-refractivity contribution is 5.99. The van der Waals surface area contributed by atoms with E-state index in [-0.39, 0.29) is 19.3 Å².